The van der Waals surface area contributed by atoms with Crippen molar-refractivity contribution >= 4 is 33.4 Å². The van der Waals surface area contributed by atoms with Crippen LogP contribution >= 0.6 is 27.5 Å². The minimum Gasteiger partial charge on any atom is -0.345 e. The van der Waals surface area contributed by atoms with Gasteiger partial charge in [0, 0.05) is 10.0 Å². The Labute approximate surface area is 111 Å². The molecule has 0 unspecified atom stereocenters. The molecule has 17 heavy (non-hydrogen) atoms. The molecule has 0 fully saturated rings. The maximum absolute atomic E-state index is 11.8. The lowest BCUT2D eigenvalue weighted by atomic mass is 10.2. The number of hydrogen-bond acceptors (Lipinski definition) is 3. The lowest BCUT2D eigenvalue weighted by molar-refractivity contribution is 0.0950. The number of aromatic amines is 1. The molecule has 0 radical (unpaired) electrons. The molecule has 0 spiro atoms. The van der Waals surface area contributed by atoms with Crippen LogP contribution in [0.15, 0.2) is 29.0 Å². The van der Waals surface area contributed by atoms with Crippen molar-refractivity contribution < 1.29 is 4.79 Å². The maximum Gasteiger partial charge on any atom is 0.251 e. The molecule has 5 nitrogen and oxygen atoms in total. The van der Waals surface area contributed by atoms with Crippen LogP contribution in [-0.2, 0) is 6.54 Å². The van der Waals surface area contributed by atoms with Gasteiger partial charge in [0.25, 0.3) is 5.91 Å². The molecule has 7 heteroatoms. The highest BCUT2D eigenvalue weighted by Gasteiger charge is 2.08. The van der Waals surface area contributed by atoms with Gasteiger partial charge in [0.1, 0.15) is 12.2 Å². The fourth-order valence-corrected chi connectivity index (χ4v) is 1.72. The minimum absolute atomic E-state index is 0.196. The van der Waals surface area contributed by atoms with Gasteiger partial charge in [-0.2, -0.15) is 5.10 Å². The summed E-state index contributed by atoms with van der Waals surface area (Å²) in [6.45, 7) is 0.305. The Bertz CT molecular complexity index is 529. The Hall–Kier alpha value is -1.40. The summed E-state index contributed by atoms with van der Waals surface area (Å²) in [5.41, 5.74) is 0.529. The number of carbonyl (C=O) groups is 1. The number of amides is 1. The van der Waals surface area contributed by atoms with Crippen LogP contribution in [-0.4, -0.2) is 21.1 Å². The number of halogens is 2. The average molecular weight is 316 g/mol. The van der Waals surface area contributed by atoms with E-state index in [9.17, 15) is 4.79 Å². The number of benzene rings is 1. The second kappa shape index (κ2) is 5.29. The molecule has 88 valence electrons. The van der Waals surface area contributed by atoms with E-state index < -0.39 is 0 Å². The van der Waals surface area contributed by atoms with Gasteiger partial charge in [0.15, 0.2) is 0 Å². The Kier molecular flexibility index (Phi) is 3.75. The lowest BCUT2D eigenvalue weighted by Crippen LogP contribution is -2.23. The first-order valence-electron chi connectivity index (χ1n) is 4.74. The van der Waals surface area contributed by atoms with E-state index in [1.54, 1.807) is 18.2 Å². The Morgan fingerprint density at radius 3 is 3.00 bits per heavy atom. The molecule has 0 aliphatic carbocycles. The molecule has 0 atom stereocenters. The van der Waals surface area contributed by atoms with E-state index in [1.165, 1.54) is 6.33 Å². The van der Waals surface area contributed by atoms with E-state index in [1.807, 2.05) is 0 Å². The van der Waals surface area contributed by atoms with Crippen LogP contribution in [0.4, 0.5) is 0 Å². The minimum atomic E-state index is -0.196. The number of carbonyl (C=O) groups excluding carboxylic acids is 1. The number of hydrogen-bond donors (Lipinski definition) is 2. The number of rotatable bonds is 3. The Balaban J connectivity index is 2.02. The van der Waals surface area contributed by atoms with E-state index >= 15 is 0 Å². The van der Waals surface area contributed by atoms with Crippen LogP contribution in [0.25, 0.3) is 0 Å². The first kappa shape index (κ1) is 12.1. The van der Waals surface area contributed by atoms with Crippen molar-refractivity contribution in [3.63, 3.8) is 0 Å². The molecule has 1 heterocycles. The molecule has 0 saturated heterocycles. The van der Waals surface area contributed by atoms with E-state index in [2.05, 4.69) is 36.4 Å². The summed E-state index contributed by atoms with van der Waals surface area (Å²) in [6.07, 6.45) is 1.39. The van der Waals surface area contributed by atoms with Crippen molar-refractivity contribution in [2.24, 2.45) is 0 Å². The summed E-state index contributed by atoms with van der Waals surface area (Å²) in [6, 6.07) is 4.98. The maximum atomic E-state index is 11.8. The fourth-order valence-electron chi connectivity index (χ4n) is 1.22. The lowest BCUT2D eigenvalue weighted by Gasteiger charge is -2.04. The van der Waals surface area contributed by atoms with Gasteiger partial charge in [-0.1, -0.05) is 11.6 Å². The van der Waals surface area contributed by atoms with E-state index in [0.29, 0.717) is 27.4 Å². The Morgan fingerprint density at radius 1 is 1.53 bits per heavy atom. The molecule has 1 aromatic heterocycles. The van der Waals surface area contributed by atoms with Crippen molar-refractivity contribution in [1.82, 2.24) is 20.5 Å². The molecular weight excluding hydrogens is 307 g/mol. The van der Waals surface area contributed by atoms with Crippen molar-refractivity contribution in [3.8, 4) is 0 Å². The number of nitrogens with one attached hydrogen (secondary N) is 2. The van der Waals surface area contributed by atoms with Gasteiger partial charge in [-0.25, -0.2) is 4.98 Å². The van der Waals surface area contributed by atoms with Crippen molar-refractivity contribution in [3.05, 3.63) is 45.4 Å². The van der Waals surface area contributed by atoms with Gasteiger partial charge >= 0.3 is 0 Å². The highest BCUT2D eigenvalue weighted by Crippen LogP contribution is 2.23. The summed E-state index contributed by atoms with van der Waals surface area (Å²) >= 11 is 9.11. The summed E-state index contributed by atoms with van der Waals surface area (Å²) in [4.78, 5) is 15.7. The third kappa shape index (κ3) is 3.04. The molecule has 0 bridgehead atoms. The van der Waals surface area contributed by atoms with Crippen molar-refractivity contribution in [2.75, 3.05) is 0 Å². The topological polar surface area (TPSA) is 70.7 Å². The zero-order valence-corrected chi connectivity index (χ0v) is 10.9. The van der Waals surface area contributed by atoms with Crippen LogP contribution < -0.4 is 5.32 Å². The standard InChI is InChI=1S/C10H8BrClN4O/c11-7-3-6(1-2-8(7)12)10(17)13-4-9-14-5-15-16-9/h1-3,5H,4H2,(H,13,17)(H,14,15,16). The zero-order valence-electron chi connectivity index (χ0n) is 8.58. The van der Waals surface area contributed by atoms with Crippen molar-refractivity contribution in [1.29, 1.82) is 0 Å². The van der Waals surface area contributed by atoms with E-state index in [0.717, 1.165) is 0 Å². The second-order valence-electron chi connectivity index (χ2n) is 3.24. The quantitative estimate of drug-likeness (QED) is 0.911. The Morgan fingerprint density at radius 2 is 2.35 bits per heavy atom. The van der Waals surface area contributed by atoms with Gasteiger partial charge in [-0.15, -0.1) is 0 Å². The first-order valence-corrected chi connectivity index (χ1v) is 5.91. The molecule has 2 rings (SSSR count). The van der Waals surface area contributed by atoms with Crippen LogP contribution in [0.5, 0.6) is 0 Å². The van der Waals surface area contributed by atoms with E-state index in [4.69, 9.17) is 11.6 Å². The fraction of sp³-hybridized carbons (Fsp3) is 0.100. The molecule has 0 aliphatic heterocycles. The van der Waals surface area contributed by atoms with Crippen molar-refractivity contribution in [2.45, 2.75) is 6.54 Å². The summed E-state index contributed by atoms with van der Waals surface area (Å²) < 4.78 is 0.687. The molecular formula is C10H8BrClN4O. The van der Waals surface area contributed by atoms with Crippen LogP contribution in [0.3, 0.4) is 0 Å². The van der Waals surface area contributed by atoms with E-state index in [-0.39, 0.29) is 5.91 Å². The molecule has 2 N–H and O–H groups in total. The van der Waals surface area contributed by atoms with Gasteiger partial charge < -0.3 is 5.32 Å². The SMILES string of the molecule is O=C(NCc1ncn[nH]1)c1ccc(Cl)c(Br)c1. The zero-order chi connectivity index (χ0) is 12.3. The number of aromatic nitrogens is 3. The molecule has 1 aromatic carbocycles. The summed E-state index contributed by atoms with van der Waals surface area (Å²) in [5.74, 6) is 0.408. The molecule has 0 aliphatic rings. The van der Waals surface area contributed by atoms with Crippen LogP contribution in [0.1, 0.15) is 16.2 Å². The number of H-pyrrole nitrogens is 1. The predicted molar refractivity (Wildman–Crippen MR) is 66.7 cm³/mol. The average Bonchev–Trinajstić information content (AvgIpc) is 2.82. The monoisotopic (exact) mass is 314 g/mol. The van der Waals surface area contributed by atoms with Gasteiger partial charge in [0.2, 0.25) is 0 Å². The third-order valence-electron chi connectivity index (χ3n) is 2.06. The largest absolute Gasteiger partial charge is 0.345 e. The normalized spacial score (nSPS) is 10.2. The smallest absolute Gasteiger partial charge is 0.251 e. The summed E-state index contributed by atoms with van der Waals surface area (Å²) in [7, 11) is 0. The number of nitrogens with zero attached hydrogens (tertiary/aromatic N) is 2. The highest BCUT2D eigenvalue weighted by atomic mass is 79.9. The van der Waals surface area contributed by atoms with Crippen LogP contribution in [0, 0.1) is 0 Å². The van der Waals surface area contributed by atoms with Crippen LogP contribution in [0.2, 0.25) is 5.02 Å². The highest BCUT2D eigenvalue weighted by molar-refractivity contribution is 9.10. The third-order valence-corrected chi connectivity index (χ3v) is 3.28. The second-order valence-corrected chi connectivity index (χ2v) is 4.51. The molecule has 2 aromatic rings. The molecule has 0 saturated carbocycles. The van der Waals surface area contributed by atoms with Gasteiger partial charge in [-0.05, 0) is 34.1 Å². The van der Waals surface area contributed by atoms with Gasteiger partial charge in [0.05, 0.1) is 11.6 Å². The first-order chi connectivity index (χ1) is 8.16. The summed E-state index contributed by atoms with van der Waals surface area (Å²) in [5, 5.41) is 9.62. The van der Waals surface area contributed by atoms with Gasteiger partial charge in [-0.3, -0.25) is 9.89 Å². The predicted octanol–water partition coefficient (Wildman–Crippen LogP) is 2.15. The molecule has 1 amide bonds.